The summed E-state index contributed by atoms with van der Waals surface area (Å²) in [6, 6.07) is 1.98. The van der Waals surface area contributed by atoms with Gasteiger partial charge in [-0.1, -0.05) is 37.2 Å². The minimum absolute atomic E-state index is 0.447. The zero-order valence-electron chi connectivity index (χ0n) is 8.06. The molecule has 1 heterocycles. The first kappa shape index (κ1) is 10.3. The van der Waals surface area contributed by atoms with Crippen molar-refractivity contribution < 1.29 is 0 Å². The average molecular weight is 210 g/mol. The maximum absolute atomic E-state index is 5.90. The first-order valence-corrected chi connectivity index (χ1v) is 7.96. The van der Waals surface area contributed by atoms with Crippen LogP contribution < -0.4 is 5.19 Å². The van der Waals surface area contributed by atoms with Crippen LogP contribution in [0.25, 0.3) is 0 Å². The smallest absolute Gasteiger partial charge is 0.144 e. The Kier molecular flexibility index (Phi) is 2.80. The van der Waals surface area contributed by atoms with Crippen molar-refractivity contribution in [1.29, 1.82) is 0 Å². The number of terminal acetylenes is 1. The fraction of sp³-hybridized carbons (Fsp3) is 0.300. The van der Waals surface area contributed by atoms with Gasteiger partial charge in [0.15, 0.2) is 0 Å². The molecule has 0 unspecified atom stereocenters. The molecule has 1 rings (SSSR count). The SMILES string of the molecule is C#Cc1c([Si](C)(C)C)ccnc1Cl. The molecule has 0 amide bonds. The fourth-order valence-electron chi connectivity index (χ4n) is 1.20. The van der Waals surface area contributed by atoms with E-state index in [9.17, 15) is 0 Å². The van der Waals surface area contributed by atoms with Crippen molar-refractivity contribution in [3.05, 3.63) is 23.0 Å². The number of rotatable bonds is 1. The Morgan fingerprint density at radius 3 is 2.46 bits per heavy atom. The number of pyridine rings is 1. The van der Waals surface area contributed by atoms with Crippen molar-refractivity contribution in [3.8, 4) is 12.3 Å². The lowest BCUT2D eigenvalue weighted by molar-refractivity contribution is 1.32. The quantitative estimate of drug-likeness (QED) is 0.393. The molecule has 1 aromatic rings. The summed E-state index contributed by atoms with van der Waals surface area (Å²) in [6.45, 7) is 6.71. The molecule has 0 aliphatic heterocycles. The summed E-state index contributed by atoms with van der Waals surface area (Å²) in [5.41, 5.74) is 0.767. The van der Waals surface area contributed by atoms with E-state index in [1.807, 2.05) is 6.07 Å². The van der Waals surface area contributed by atoms with E-state index in [2.05, 4.69) is 30.5 Å². The Bertz CT molecular complexity index is 360. The van der Waals surface area contributed by atoms with Gasteiger partial charge >= 0.3 is 0 Å². The second-order valence-corrected chi connectivity index (χ2v) is 9.32. The van der Waals surface area contributed by atoms with Crippen LogP contribution in [0.1, 0.15) is 5.56 Å². The van der Waals surface area contributed by atoms with Crippen LogP contribution in [0.2, 0.25) is 24.8 Å². The highest BCUT2D eigenvalue weighted by molar-refractivity contribution is 6.89. The van der Waals surface area contributed by atoms with E-state index < -0.39 is 8.07 Å². The zero-order valence-corrected chi connectivity index (χ0v) is 9.81. The van der Waals surface area contributed by atoms with Crippen LogP contribution in [-0.4, -0.2) is 13.1 Å². The maximum Gasteiger partial charge on any atom is 0.144 e. The molecular weight excluding hydrogens is 198 g/mol. The van der Waals surface area contributed by atoms with Crippen molar-refractivity contribution in [2.24, 2.45) is 0 Å². The van der Waals surface area contributed by atoms with Crippen molar-refractivity contribution >= 4 is 24.9 Å². The zero-order chi connectivity index (χ0) is 10.1. The minimum atomic E-state index is -1.40. The van der Waals surface area contributed by atoms with Crippen LogP contribution in [0.15, 0.2) is 12.3 Å². The number of aromatic nitrogens is 1. The first-order chi connectivity index (χ1) is 5.96. The summed E-state index contributed by atoms with van der Waals surface area (Å²) >= 11 is 5.90. The van der Waals surface area contributed by atoms with Gasteiger partial charge in [0, 0.05) is 6.20 Å². The molecule has 0 atom stereocenters. The molecule has 68 valence electrons. The van der Waals surface area contributed by atoms with E-state index >= 15 is 0 Å². The molecule has 1 nitrogen and oxygen atoms in total. The molecule has 0 radical (unpaired) electrons. The Morgan fingerprint density at radius 2 is 2.08 bits per heavy atom. The van der Waals surface area contributed by atoms with Crippen molar-refractivity contribution in [2.75, 3.05) is 0 Å². The van der Waals surface area contributed by atoms with Gasteiger partial charge in [-0.25, -0.2) is 4.98 Å². The summed E-state index contributed by atoms with van der Waals surface area (Å²) in [5.74, 6) is 2.61. The third kappa shape index (κ3) is 2.12. The highest BCUT2D eigenvalue weighted by Gasteiger charge is 2.21. The van der Waals surface area contributed by atoms with Gasteiger partial charge in [-0.2, -0.15) is 0 Å². The molecule has 0 N–H and O–H groups in total. The lowest BCUT2D eigenvalue weighted by atomic mass is 10.3. The van der Waals surface area contributed by atoms with Crippen molar-refractivity contribution in [1.82, 2.24) is 4.98 Å². The molecule has 1 aromatic heterocycles. The highest BCUT2D eigenvalue weighted by Crippen LogP contribution is 2.13. The Hall–Kier alpha value is -0.783. The Morgan fingerprint density at radius 1 is 1.46 bits per heavy atom. The van der Waals surface area contributed by atoms with Gasteiger partial charge in [0.2, 0.25) is 0 Å². The van der Waals surface area contributed by atoms with E-state index in [-0.39, 0.29) is 0 Å². The summed E-state index contributed by atoms with van der Waals surface area (Å²) in [4.78, 5) is 3.97. The third-order valence-electron chi connectivity index (χ3n) is 1.86. The second-order valence-electron chi connectivity index (χ2n) is 3.92. The summed E-state index contributed by atoms with van der Waals surface area (Å²) < 4.78 is 0. The van der Waals surface area contributed by atoms with E-state index in [0.29, 0.717) is 5.15 Å². The average Bonchev–Trinajstić information content (AvgIpc) is 2.02. The Balaban J connectivity index is 3.40. The molecule has 0 fully saturated rings. The molecule has 0 saturated carbocycles. The standard InChI is InChI=1S/C10H12ClNSi/c1-5-8-9(13(2,3)4)6-7-12-10(8)11/h1,6-7H,2-4H3. The van der Waals surface area contributed by atoms with E-state index in [1.54, 1.807) is 6.20 Å². The third-order valence-corrected chi connectivity index (χ3v) is 4.18. The van der Waals surface area contributed by atoms with Crippen LogP contribution >= 0.6 is 11.6 Å². The molecule has 0 spiro atoms. The van der Waals surface area contributed by atoms with Gasteiger partial charge < -0.3 is 0 Å². The van der Waals surface area contributed by atoms with Gasteiger partial charge in [0.05, 0.1) is 13.6 Å². The topological polar surface area (TPSA) is 12.9 Å². The minimum Gasteiger partial charge on any atom is -0.243 e. The number of hydrogen-bond donors (Lipinski definition) is 0. The van der Waals surface area contributed by atoms with E-state index in [4.69, 9.17) is 18.0 Å². The summed E-state index contributed by atoms with van der Waals surface area (Å²) in [5, 5.41) is 1.65. The monoisotopic (exact) mass is 209 g/mol. The molecule has 0 aliphatic rings. The van der Waals surface area contributed by atoms with Crippen LogP contribution in [-0.2, 0) is 0 Å². The Labute approximate surface area is 85.2 Å². The number of hydrogen-bond acceptors (Lipinski definition) is 1. The summed E-state index contributed by atoms with van der Waals surface area (Å²) in [6.07, 6.45) is 7.11. The predicted octanol–water partition coefficient (Wildman–Crippen LogP) is 2.26. The van der Waals surface area contributed by atoms with Gasteiger partial charge in [-0.05, 0) is 11.3 Å². The fourth-order valence-corrected chi connectivity index (χ4v) is 3.01. The molecule has 3 heteroatoms. The first-order valence-electron chi connectivity index (χ1n) is 4.08. The lowest BCUT2D eigenvalue weighted by Gasteiger charge is -2.18. The van der Waals surface area contributed by atoms with Crippen LogP contribution in [0, 0.1) is 12.3 Å². The number of nitrogens with zero attached hydrogens (tertiary/aromatic N) is 1. The lowest BCUT2D eigenvalue weighted by Crippen LogP contribution is -2.39. The molecular formula is C10H12ClNSi. The van der Waals surface area contributed by atoms with Gasteiger partial charge in [-0.3, -0.25) is 0 Å². The molecule has 0 bridgehead atoms. The normalized spacial score (nSPS) is 11.0. The van der Waals surface area contributed by atoms with E-state index in [1.165, 1.54) is 5.19 Å². The van der Waals surface area contributed by atoms with Gasteiger partial charge in [0.25, 0.3) is 0 Å². The van der Waals surface area contributed by atoms with Gasteiger partial charge in [0.1, 0.15) is 5.15 Å². The summed E-state index contributed by atoms with van der Waals surface area (Å²) in [7, 11) is -1.40. The highest BCUT2D eigenvalue weighted by atomic mass is 35.5. The molecule has 13 heavy (non-hydrogen) atoms. The van der Waals surface area contributed by atoms with Crippen molar-refractivity contribution in [3.63, 3.8) is 0 Å². The van der Waals surface area contributed by atoms with Crippen LogP contribution in [0.4, 0.5) is 0 Å². The van der Waals surface area contributed by atoms with E-state index in [0.717, 1.165) is 5.56 Å². The maximum atomic E-state index is 5.90. The number of halogens is 1. The van der Waals surface area contributed by atoms with Crippen LogP contribution in [0.5, 0.6) is 0 Å². The molecule has 0 aromatic carbocycles. The molecule has 0 aliphatic carbocycles. The van der Waals surface area contributed by atoms with Crippen LogP contribution in [0.3, 0.4) is 0 Å². The van der Waals surface area contributed by atoms with Crippen molar-refractivity contribution in [2.45, 2.75) is 19.6 Å². The predicted molar refractivity (Wildman–Crippen MR) is 60.2 cm³/mol. The molecule has 0 saturated heterocycles. The largest absolute Gasteiger partial charge is 0.243 e. The second kappa shape index (κ2) is 3.53. The van der Waals surface area contributed by atoms with Gasteiger partial charge in [-0.15, -0.1) is 6.42 Å².